The summed E-state index contributed by atoms with van der Waals surface area (Å²) in [4.78, 5) is 13.9. The molecule has 0 unspecified atom stereocenters. The highest BCUT2D eigenvalue weighted by Crippen LogP contribution is 2.33. The molecular weight excluding hydrogens is 202 g/mol. The lowest BCUT2D eigenvalue weighted by Gasteiger charge is -2.21. The number of amides is 1. The summed E-state index contributed by atoms with van der Waals surface area (Å²) in [6.07, 6.45) is 5.41. The molecule has 0 aromatic carbocycles. The Labute approximate surface area is 97.6 Å². The van der Waals surface area contributed by atoms with Crippen molar-refractivity contribution in [2.45, 2.75) is 25.7 Å². The Balaban J connectivity index is 1.68. The molecule has 0 heterocycles. The minimum Gasteiger partial charge on any atom is -0.354 e. The number of carbonyl (C=O) groups is 1. The normalized spacial score (nSPS) is 20.1. The zero-order valence-electron chi connectivity index (χ0n) is 9.95. The van der Waals surface area contributed by atoms with Crippen LogP contribution in [0.25, 0.3) is 0 Å². The number of nitrogens with one attached hydrogen (secondary N) is 1. The molecule has 0 spiro atoms. The van der Waals surface area contributed by atoms with Crippen molar-refractivity contribution in [2.75, 3.05) is 32.7 Å². The maximum atomic E-state index is 11.6. The molecule has 4 heteroatoms. The lowest BCUT2D eigenvalue weighted by molar-refractivity contribution is -0.122. The molecule has 0 saturated heterocycles. The van der Waals surface area contributed by atoms with Gasteiger partial charge in [-0.3, -0.25) is 9.69 Å². The SMILES string of the molecule is NCCNC(=O)CN(CC1CC1)CC1CC1. The summed E-state index contributed by atoms with van der Waals surface area (Å²) >= 11 is 0. The second-order valence-corrected chi connectivity index (χ2v) is 5.22. The number of hydrogen-bond donors (Lipinski definition) is 2. The van der Waals surface area contributed by atoms with E-state index >= 15 is 0 Å². The summed E-state index contributed by atoms with van der Waals surface area (Å²) in [6, 6.07) is 0. The molecule has 2 saturated carbocycles. The van der Waals surface area contributed by atoms with Crippen LogP contribution >= 0.6 is 0 Å². The minimum absolute atomic E-state index is 0.131. The molecule has 4 nitrogen and oxygen atoms in total. The van der Waals surface area contributed by atoms with Crippen molar-refractivity contribution in [2.24, 2.45) is 17.6 Å². The van der Waals surface area contributed by atoms with Crippen LogP contribution in [0.15, 0.2) is 0 Å². The first-order valence-corrected chi connectivity index (χ1v) is 6.47. The summed E-state index contributed by atoms with van der Waals surface area (Å²) in [5.41, 5.74) is 5.36. The largest absolute Gasteiger partial charge is 0.354 e. The van der Waals surface area contributed by atoms with Gasteiger partial charge in [0.1, 0.15) is 0 Å². The van der Waals surface area contributed by atoms with E-state index in [1.807, 2.05) is 0 Å². The number of nitrogens with zero attached hydrogens (tertiary/aromatic N) is 1. The molecule has 0 aliphatic heterocycles. The Morgan fingerprint density at radius 1 is 1.19 bits per heavy atom. The summed E-state index contributed by atoms with van der Waals surface area (Å²) in [6.45, 7) is 3.92. The lowest BCUT2D eigenvalue weighted by Crippen LogP contribution is -2.40. The highest BCUT2D eigenvalue weighted by molar-refractivity contribution is 5.78. The number of carbonyl (C=O) groups excluding carboxylic acids is 1. The maximum Gasteiger partial charge on any atom is 0.234 e. The molecule has 92 valence electrons. The Morgan fingerprint density at radius 2 is 1.75 bits per heavy atom. The topological polar surface area (TPSA) is 58.4 Å². The Morgan fingerprint density at radius 3 is 2.19 bits per heavy atom. The van der Waals surface area contributed by atoms with E-state index < -0.39 is 0 Å². The van der Waals surface area contributed by atoms with Crippen LogP contribution in [0, 0.1) is 11.8 Å². The summed E-state index contributed by atoms with van der Waals surface area (Å²) in [5.74, 6) is 1.86. The van der Waals surface area contributed by atoms with Crippen LogP contribution in [0.5, 0.6) is 0 Å². The van der Waals surface area contributed by atoms with Gasteiger partial charge in [-0.25, -0.2) is 0 Å². The first-order valence-electron chi connectivity index (χ1n) is 6.47. The van der Waals surface area contributed by atoms with Crippen molar-refractivity contribution in [3.63, 3.8) is 0 Å². The average Bonchev–Trinajstić information content (AvgIpc) is 3.10. The van der Waals surface area contributed by atoms with E-state index in [9.17, 15) is 4.79 Å². The molecule has 0 radical (unpaired) electrons. The van der Waals surface area contributed by atoms with Gasteiger partial charge in [0.15, 0.2) is 0 Å². The van der Waals surface area contributed by atoms with Crippen molar-refractivity contribution in [1.29, 1.82) is 0 Å². The van der Waals surface area contributed by atoms with Gasteiger partial charge >= 0.3 is 0 Å². The van der Waals surface area contributed by atoms with Gasteiger partial charge in [0.25, 0.3) is 0 Å². The van der Waals surface area contributed by atoms with Gasteiger partial charge in [-0.2, -0.15) is 0 Å². The molecule has 2 aliphatic carbocycles. The lowest BCUT2D eigenvalue weighted by atomic mass is 10.3. The molecule has 0 atom stereocenters. The first-order chi connectivity index (χ1) is 7.78. The predicted octanol–water partition coefficient (Wildman–Crippen LogP) is 0.183. The molecule has 3 N–H and O–H groups in total. The second-order valence-electron chi connectivity index (χ2n) is 5.22. The standard InChI is InChI=1S/C12H23N3O/c13-5-6-14-12(16)9-15(7-10-1-2-10)8-11-3-4-11/h10-11H,1-9,13H2,(H,14,16). The highest BCUT2D eigenvalue weighted by Gasteiger charge is 2.29. The zero-order chi connectivity index (χ0) is 11.4. The molecule has 1 amide bonds. The van der Waals surface area contributed by atoms with Gasteiger partial charge in [0, 0.05) is 26.2 Å². The van der Waals surface area contributed by atoms with Crippen LogP contribution in [0.3, 0.4) is 0 Å². The molecule has 2 fully saturated rings. The first kappa shape index (κ1) is 11.9. The molecule has 0 aromatic rings. The fourth-order valence-electron chi connectivity index (χ4n) is 2.01. The van der Waals surface area contributed by atoms with Crippen LogP contribution in [-0.4, -0.2) is 43.5 Å². The average molecular weight is 225 g/mol. The van der Waals surface area contributed by atoms with Crippen LogP contribution in [-0.2, 0) is 4.79 Å². The molecule has 0 bridgehead atoms. The fourth-order valence-corrected chi connectivity index (χ4v) is 2.01. The van der Waals surface area contributed by atoms with E-state index in [0.717, 1.165) is 24.9 Å². The smallest absolute Gasteiger partial charge is 0.234 e. The monoisotopic (exact) mass is 225 g/mol. The molecule has 16 heavy (non-hydrogen) atoms. The number of rotatable bonds is 8. The fraction of sp³-hybridized carbons (Fsp3) is 0.917. The summed E-state index contributed by atoms with van der Waals surface area (Å²) < 4.78 is 0. The van der Waals surface area contributed by atoms with Gasteiger partial charge in [-0.15, -0.1) is 0 Å². The second kappa shape index (κ2) is 5.64. The third-order valence-corrected chi connectivity index (χ3v) is 3.26. The zero-order valence-corrected chi connectivity index (χ0v) is 9.95. The molecular formula is C12H23N3O. The van der Waals surface area contributed by atoms with Gasteiger partial charge < -0.3 is 11.1 Å². The van der Waals surface area contributed by atoms with E-state index in [1.165, 1.54) is 25.7 Å². The third kappa shape index (κ3) is 4.49. The number of hydrogen-bond acceptors (Lipinski definition) is 3. The van der Waals surface area contributed by atoms with Gasteiger partial charge in [0.05, 0.1) is 6.54 Å². The minimum atomic E-state index is 0.131. The van der Waals surface area contributed by atoms with Crippen molar-refractivity contribution in [1.82, 2.24) is 10.2 Å². The van der Waals surface area contributed by atoms with Crippen LogP contribution in [0.2, 0.25) is 0 Å². The van der Waals surface area contributed by atoms with E-state index in [2.05, 4.69) is 10.2 Å². The van der Waals surface area contributed by atoms with Crippen molar-refractivity contribution in [3.8, 4) is 0 Å². The Hall–Kier alpha value is -0.610. The van der Waals surface area contributed by atoms with E-state index in [0.29, 0.717) is 19.6 Å². The highest BCUT2D eigenvalue weighted by atomic mass is 16.2. The molecule has 2 aliphatic rings. The van der Waals surface area contributed by atoms with Gasteiger partial charge in [0.2, 0.25) is 5.91 Å². The van der Waals surface area contributed by atoms with Crippen LogP contribution in [0.4, 0.5) is 0 Å². The third-order valence-electron chi connectivity index (χ3n) is 3.26. The molecule has 0 aromatic heterocycles. The van der Waals surface area contributed by atoms with E-state index in [-0.39, 0.29) is 5.91 Å². The Bertz CT molecular complexity index is 222. The maximum absolute atomic E-state index is 11.6. The quantitative estimate of drug-likeness (QED) is 0.620. The predicted molar refractivity (Wildman–Crippen MR) is 64.0 cm³/mol. The van der Waals surface area contributed by atoms with Crippen molar-refractivity contribution in [3.05, 3.63) is 0 Å². The van der Waals surface area contributed by atoms with Crippen molar-refractivity contribution < 1.29 is 4.79 Å². The van der Waals surface area contributed by atoms with Crippen LogP contribution in [0.1, 0.15) is 25.7 Å². The van der Waals surface area contributed by atoms with Gasteiger partial charge in [-0.1, -0.05) is 0 Å². The summed E-state index contributed by atoms with van der Waals surface area (Å²) in [7, 11) is 0. The van der Waals surface area contributed by atoms with Crippen molar-refractivity contribution >= 4 is 5.91 Å². The number of nitrogens with two attached hydrogens (primary N) is 1. The van der Waals surface area contributed by atoms with E-state index in [1.54, 1.807) is 0 Å². The molecule has 2 rings (SSSR count). The van der Waals surface area contributed by atoms with E-state index in [4.69, 9.17) is 5.73 Å². The Kier molecular flexibility index (Phi) is 4.18. The van der Waals surface area contributed by atoms with Gasteiger partial charge in [-0.05, 0) is 37.5 Å². The van der Waals surface area contributed by atoms with Crippen LogP contribution < -0.4 is 11.1 Å². The summed E-state index contributed by atoms with van der Waals surface area (Å²) in [5, 5.41) is 2.84.